The molecule has 0 aliphatic heterocycles. The van der Waals surface area contributed by atoms with Gasteiger partial charge in [0.15, 0.2) is 0 Å². The molecule has 3 aromatic carbocycles. The van der Waals surface area contributed by atoms with Gasteiger partial charge < -0.3 is 15.4 Å². The highest BCUT2D eigenvalue weighted by atomic mass is 32.2. The van der Waals surface area contributed by atoms with Gasteiger partial charge in [0, 0.05) is 12.2 Å². The summed E-state index contributed by atoms with van der Waals surface area (Å²) >= 11 is 0. The molecule has 0 aliphatic carbocycles. The summed E-state index contributed by atoms with van der Waals surface area (Å²) < 4.78 is 28.2. The average molecular weight is 439 g/mol. The smallest absolute Gasteiger partial charge is 0.313 e. The first-order chi connectivity index (χ1) is 14.8. The van der Waals surface area contributed by atoms with Gasteiger partial charge in [0.05, 0.1) is 4.90 Å². The van der Waals surface area contributed by atoms with Gasteiger partial charge in [0.25, 0.3) is 0 Å². The van der Waals surface area contributed by atoms with Gasteiger partial charge in [-0.15, -0.1) is 0 Å². The standard InChI is InChI=1S/C22H21N3O5S/c23-31(28,29)20-12-6-16(7-13-20)14-24-21(26)22(27)25-18-8-10-19(11-9-18)30-15-17-4-2-1-3-5-17/h1-13H,14-15H2,(H,24,26)(H,25,27)(H2,23,28,29). The summed E-state index contributed by atoms with van der Waals surface area (Å²) in [6, 6.07) is 22.1. The predicted molar refractivity (Wildman–Crippen MR) is 116 cm³/mol. The molecule has 3 rings (SSSR count). The summed E-state index contributed by atoms with van der Waals surface area (Å²) in [5.74, 6) is -1.01. The van der Waals surface area contributed by atoms with Gasteiger partial charge in [-0.1, -0.05) is 42.5 Å². The van der Waals surface area contributed by atoms with Gasteiger partial charge in [0.1, 0.15) is 12.4 Å². The molecule has 9 heteroatoms. The van der Waals surface area contributed by atoms with Gasteiger partial charge in [-0.05, 0) is 47.5 Å². The van der Waals surface area contributed by atoms with Crippen LogP contribution in [-0.4, -0.2) is 20.2 Å². The van der Waals surface area contributed by atoms with E-state index in [1.807, 2.05) is 30.3 Å². The molecule has 0 atom stereocenters. The normalized spacial score (nSPS) is 10.9. The van der Waals surface area contributed by atoms with Gasteiger partial charge in [-0.2, -0.15) is 0 Å². The molecule has 0 unspecified atom stereocenters. The zero-order valence-corrected chi connectivity index (χ0v) is 17.3. The molecule has 0 bridgehead atoms. The van der Waals surface area contributed by atoms with Crippen molar-refractivity contribution in [3.05, 3.63) is 90.0 Å². The van der Waals surface area contributed by atoms with Gasteiger partial charge in [0.2, 0.25) is 10.0 Å². The van der Waals surface area contributed by atoms with Crippen LogP contribution in [0.2, 0.25) is 0 Å². The first-order valence-corrected chi connectivity index (χ1v) is 10.8. The Bertz CT molecular complexity index is 1150. The number of nitrogens with one attached hydrogen (secondary N) is 2. The SMILES string of the molecule is NS(=O)(=O)c1ccc(CNC(=O)C(=O)Nc2ccc(OCc3ccccc3)cc2)cc1. The number of hydrogen-bond donors (Lipinski definition) is 3. The number of carbonyl (C=O) groups is 2. The maximum absolute atomic E-state index is 12.1. The Morgan fingerprint density at radius 2 is 1.45 bits per heavy atom. The van der Waals surface area contributed by atoms with Crippen molar-refractivity contribution in [1.82, 2.24) is 5.32 Å². The second-order valence-electron chi connectivity index (χ2n) is 6.62. The minimum Gasteiger partial charge on any atom is -0.489 e. The number of nitrogens with two attached hydrogens (primary N) is 1. The Labute approximate surface area is 180 Å². The molecular formula is C22H21N3O5S. The lowest BCUT2D eigenvalue weighted by Gasteiger charge is -2.09. The van der Waals surface area contributed by atoms with Gasteiger partial charge in [-0.3, -0.25) is 9.59 Å². The van der Waals surface area contributed by atoms with E-state index in [0.717, 1.165) is 5.56 Å². The fourth-order valence-electron chi connectivity index (χ4n) is 2.62. The minimum atomic E-state index is -3.78. The minimum absolute atomic E-state index is 0.0310. The second kappa shape index (κ2) is 9.88. The topological polar surface area (TPSA) is 128 Å². The molecule has 0 fully saturated rings. The Balaban J connectivity index is 1.47. The molecule has 160 valence electrons. The van der Waals surface area contributed by atoms with Crippen LogP contribution in [0.3, 0.4) is 0 Å². The Kier molecular flexibility index (Phi) is 7.01. The quantitative estimate of drug-likeness (QED) is 0.486. The molecule has 0 spiro atoms. The number of anilines is 1. The molecule has 3 aromatic rings. The largest absolute Gasteiger partial charge is 0.489 e. The molecule has 4 N–H and O–H groups in total. The van der Waals surface area contributed by atoms with Gasteiger partial charge >= 0.3 is 11.8 Å². The molecule has 0 saturated carbocycles. The fourth-order valence-corrected chi connectivity index (χ4v) is 3.14. The molecule has 0 aromatic heterocycles. The number of amides is 2. The van der Waals surface area contributed by atoms with Crippen molar-refractivity contribution in [1.29, 1.82) is 0 Å². The number of carbonyl (C=O) groups excluding carboxylic acids is 2. The molecule has 8 nitrogen and oxygen atoms in total. The van der Waals surface area contributed by atoms with Crippen molar-refractivity contribution in [2.75, 3.05) is 5.32 Å². The monoisotopic (exact) mass is 439 g/mol. The summed E-state index contributed by atoms with van der Waals surface area (Å²) in [6.07, 6.45) is 0. The Morgan fingerprint density at radius 1 is 0.806 bits per heavy atom. The number of hydrogen-bond acceptors (Lipinski definition) is 5. The van der Waals surface area contributed by atoms with E-state index in [2.05, 4.69) is 10.6 Å². The van der Waals surface area contributed by atoms with E-state index in [0.29, 0.717) is 23.6 Å². The molecule has 0 heterocycles. The highest BCUT2D eigenvalue weighted by molar-refractivity contribution is 7.89. The fraction of sp³-hybridized carbons (Fsp3) is 0.0909. The first-order valence-electron chi connectivity index (χ1n) is 9.29. The van der Waals surface area contributed by atoms with Crippen LogP contribution in [0.25, 0.3) is 0 Å². The first kappa shape index (κ1) is 22.0. The summed E-state index contributed by atoms with van der Waals surface area (Å²) in [5.41, 5.74) is 2.11. The van der Waals surface area contributed by atoms with Crippen molar-refractivity contribution >= 4 is 27.5 Å². The van der Waals surface area contributed by atoms with Crippen LogP contribution < -0.4 is 20.5 Å². The third-order valence-corrected chi connectivity index (χ3v) is 5.20. The van der Waals surface area contributed by atoms with Gasteiger partial charge in [-0.25, -0.2) is 13.6 Å². The van der Waals surface area contributed by atoms with E-state index >= 15 is 0 Å². The van der Waals surface area contributed by atoms with E-state index in [1.165, 1.54) is 24.3 Å². The van der Waals surface area contributed by atoms with Crippen molar-refractivity contribution in [3.63, 3.8) is 0 Å². The molecule has 31 heavy (non-hydrogen) atoms. The van der Waals surface area contributed by atoms with E-state index in [9.17, 15) is 18.0 Å². The highest BCUT2D eigenvalue weighted by Crippen LogP contribution is 2.17. The maximum atomic E-state index is 12.1. The Hall–Kier alpha value is -3.69. The van der Waals surface area contributed by atoms with E-state index in [-0.39, 0.29) is 11.4 Å². The van der Waals surface area contributed by atoms with E-state index in [1.54, 1.807) is 24.3 Å². The summed E-state index contributed by atoms with van der Waals surface area (Å²) in [4.78, 5) is 24.0. The third-order valence-electron chi connectivity index (χ3n) is 4.27. The van der Waals surface area contributed by atoms with Crippen LogP contribution in [0.4, 0.5) is 5.69 Å². The van der Waals surface area contributed by atoms with E-state index in [4.69, 9.17) is 9.88 Å². The summed E-state index contributed by atoms with van der Waals surface area (Å²) in [5, 5.41) is 10.0. The molecule has 0 saturated heterocycles. The highest BCUT2D eigenvalue weighted by Gasteiger charge is 2.14. The van der Waals surface area contributed by atoms with Crippen molar-refractivity contribution in [3.8, 4) is 5.75 Å². The number of primary sulfonamides is 1. The predicted octanol–water partition coefficient (Wildman–Crippen LogP) is 2.17. The zero-order valence-electron chi connectivity index (χ0n) is 16.4. The third kappa shape index (κ3) is 6.66. The molecular weight excluding hydrogens is 418 g/mol. The summed E-state index contributed by atoms with van der Waals surface area (Å²) in [7, 11) is -3.78. The maximum Gasteiger partial charge on any atom is 0.313 e. The lowest BCUT2D eigenvalue weighted by molar-refractivity contribution is -0.136. The van der Waals surface area contributed by atoms with Crippen LogP contribution in [0.5, 0.6) is 5.75 Å². The lowest BCUT2D eigenvalue weighted by atomic mass is 10.2. The number of benzene rings is 3. The van der Waals surface area contributed by atoms with E-state index < -0.39 is 21.8 Å². The van der Waals surface area contributed by atoms with Crippen LogP contribution in [0, 0.1) is 0 Å². The van der Waals surface area contributed by atoms with Crippen LogP contribution in [0.1, 0.15) is 11.1 Å². The number of rotatable bonds is 7. The van der Waals surface area contributed by atoms with Crippen LogP contribution in [0.15, 0.2) is 83.8 Å². The zero-order chi connectivity index (χ0) is 22.3. The molecule has 2 amide bonds. The Morgan fingerprint density at radius 3 is 2.06 bits per heavy atom. The van der Waals surface area contributed by atoms with Crippen LogP contribution in [-0.2, 0) is 32.8 Å². The van der Waals surface area contributed by atoms with Crippen molar-refractivity contribution < 1.29 is 22.7 Å². The average Bonchev–Trinajstić information content (AvgIpc) is 2.77. The number of sulfonamides is 1. The lowest BCUT2D eigenvalue weighted by Crippen LogP contribution is -2.34. The van der Waals surface area contributed by atoms with Crippen LogP contribution >= 0.6 is 0 Å². The second-order valence-corrected chi connectivity index (χ2v) is 8.19. The summed E-state index contributed by atoms with van der Waals surface area (Å²) in [6.45, 7) is 0.483. The van der Waals surface area contributed by atoms with Crippen molar-refractivity contribution in [2.24, 2.45) is 5.14 Å². The number of ether oxygens (including phenoxy) is 1. The van der Waals surface area contributed by atoms with Crippen molar-refractivity contribution in [2.45, 2.75) is 18.0 Å². The molecule has 0 radical (unpaired) electrons. The molecule has 0 aliphatic rings.